The molecule has 1 fully saturated rings. The number of methoxy groups -OCH3 is 1. The predicted molar refractivity (Wildman–Crippen MR) is 87.8 cm³/mol. The third-order valence-corrected chi connectivity index (χ3v) is 6.78. The van der Waals surface area contributed by atoms with Crippen LogP contribution in [0.2, 0.25) is 0 Å². The number of thioether (sulfide) groups is 2. The second kappa shape index (κ2) is 8.10. The highest BCUT2D eigenvalue weighted by molar-refractivity contribution is 8.07. The molecule has 1 aliphatic rings. The van der Waals surface area contributed by atoms with Crippen molar-refractivity contribution >= 4 is 23.5 Å². The van der Waals surface area contributed by atoms with Gasteiger partial charge in [0.05, 0.1) is 13.2 Å². The Labute approximate surface area is 129 Å². The molecule has 3 unspecified atom stereocenters. The van der Waals surface area contributed by atoms with Crippen molar-refractivity contribution in [2.75, 3.05) is 25.2 Å². The van der Waals surface area contributed by atoms with E-state index in [0.717, 1.165) is 12.2 Å². The molecule has 0 radical (unpaired) electrons. The van der Waals surface area contributed by atoms with E-state index in [1.54, 1.807) is 19.5 Å². The third-order valence-electron chi connectivity index (χ3n) is 3.43. The maximum absolute atomic E-state index is 5.40. The average Bonchev–Trinajstić information content (AvgIpc) is 2.52. The van der Waals surface area contributed by atoms with Gasteiger partial charge < -0.3 is 10.1 Å². The summed E-state index contributed by atoms with van der Waals surface area (Å²) in [6.45, 7) is 5.33. The summed E-state index contributed by atoms with van der Waals surface area (Å²) < 4.78 is 5.40. The highest BCUT2D eigenvalue weighted by atomic mass is 32.2. The quantitative estimate of drug-likeness (QED) is 0.871. The molecule has 112 valence electrons. The van der Waals surface area contributed by atoms with E-state index < -0.39 is 0 Å². The number of hydrogen-bond acceptors (Lipinski definition) is 6. The zero-order valence-electron chi connectivity index (χ0n) is 12.3. The normalized spacial score (nSPS) is 24.4. The van der Waals surface area contributed by atoms with Crippen LogP contribution in [0, 0.1) is 0 Å². The van der Waals surface area contributed by atoms with Crippen LogP contribution in [0.1, 0.15) is 32.0 Å². The van der Waals surface area contributed by atoms with Gasteiger partial charge in [-0.2, -0.15) is 23.5 Å². The molecule has 0 aromatic carbocycles. The number of aromatic nitrogens is 2. The van der Waals surface area contributed by atoms with E-state index in [1.165, 1.54) is 17.9 Å². The zero-order valence-corrected chi connectivity index (χ0v) is 14.0. The van der Waals surface area contributed by atoms with E-state index in [-0.39, 0.29) is 6.04 Å². The molecule has 2 rings (SSSR count). The lowest BCUT2D eigenvalue weighted by molar-refractivity contribution is 0.374. The number of nitrogens with one attached hydrogen (secondary N) is 1. The lowest BCUT2D eigenvalue weighted by Gasteiger charge is -2.36. The third kappa shape index (κ3) is 3.59. The van der Waals surface area contributed by atoms with E-state index in [4.69, 9.17) is 4.74 Å². The minimum absolute atomic E-state index is 0.200. The first-order valence-corrected chi connectivity index (χ1v) is 9.23. The second-order valence-corrected chi connectivity index (χ2v) is 7.27. The van der Waals surface area contributed by atoms with Crippen LogP contribution in [0.5, 0.6) is 5.88 Å². The van der Waals surface area contributed by atoms with E-state index in [2.05, 4.69) is 52.7 Å². The molecule has 3 atom stereocenters. The van der Waals surface area contributed by atoms with Crippen LogP contribution in [-0.2, 0) is 0 Å². The van der Waals surface area contributed by atoms with Crippen LogP contribution in [-0.4, -0.2) is 45.6 Å². The van der Waals surface area contributed by atoms with Gasteiger partial charge in [0.2, 0.25) is 5.88 Å². The Kier molecular flexibility index (Phi) is 6.45. The van der Waals surface area contributed by atoms with Crippen LogP contribution in [0.15, 0.2) is 12.4 Å². The van der Waals surface area contributed by atoms with Crippen molar-refractivity contribution in [3.63, 3.8) is 0 Å². The molecule has 0 aliphatic carbocycles. The highest BCUT2D eigenvalue weighted by Gasteiger charge is 2.35. The van der Waals surface area contributed by atoms with E-state index in [0.29, 0.717) is 16.4 Å². The molecule has 1 saturated heterocycles. The number of rotatable bonds is 6. The van der Waals surface area contributed by atoms with Crippen molar-refractivity contribution in [2.45, 2.75) is 36.8 Å². The summed E-state index contributed by atoms with van der Waals surface area (Å²) in [6, 6.07) is 0.200. The van der Waals surface area contributed by atoms with Gasteiger partial charge >= 0.3 is 0 Å². The van der Waals surface area contributed by atoms with Crippen LogP contribution in [0.25, 0.3) is 0 Å². The molecule has 1 aromatic heterocycles. The molecule has 1 N–H and O–H groups in total. The second-order valence-electron chi connectivity index (χ2n) is 4.64. The fourth-order valence-corrected chi connectivity index (χ4v) is 5.77. The van der Waals surface area contributed by atoms with E-state index in [1.807, 2.05) is 0 Å². The molecule has 0 amide bonds. The van der Waals surface area contributed by atoms with Gasteiger partial charge in [0.25, 0.3) is 0 Å². The molecule has 0 spiro atoms. The van der Waals surface area contributed by atoms with Crippen LogP contribution in [0.4, 0.5) is 0 Å². The lowest BCUT2D eigenvalue weighted by atomic mass is 10.1. The largest absolute Gasteiger partial charge is 0.480 e. The van der Waals surface area contributed by atoms with Crippen molar-refractivity contribution in [1.82, 2.24) is 15.3 Å². The molecule has 2 heterocycles. The first kappa shape index (κ1) is 15.9. The summed E-state index contributed by atoms with van der Waals surface area (Å²) in [4.78, 5) is 8.85. The van der Waals surface area contributed by atoms with E-state index >= 15 is 0 Å². The summed E-state index contributed by atoms with van der Waals surface area (Å²) in [6.07, 6.45) is 4.63. The Morgan fingerprint density at radius 2 is 2.05 bits per heavy atom. The molecule has 4 nitrogen and oxygen atoms in total. The molecule has 0 saturated carbocycles. The molecule has 1 aromatic rings. The first-order valence-electron chi connectivity index (χ1n) is 7.13. The van der Waals surface area contributed by atoms with Crippen molar-refractivity contribution in [2.24, 2.45) is 0 Å². The maximum atomic E-state index is 5.40. The van der Waals surface area contributed by atoms with E-state index in [9.17, 15) is 0 Å². The highest BCUT2D eigenvalue weighted by Crippen LogP contribution is 2.41. The summed E-state index contributed by atoms with van der Waals surface area (Å²) in [5.41, 5.74) is 0.940. The standard InChI is InChI=1S/C14H23N3OS2/c1-4-10-13(20-9-8-19-10)11(15-5-2)12-14(18-3)17-7-6-16-12/h6-7,10-11,13,15H,4-5,8-9H2,1-3H3. The van der Waals surface area contributed by atoms with Gasteiger partial charge in [0, 0.05) is 34.4 Å². The van der Waals surface area contributed by atoms with Crippen molar-refractivity contribution in [3.05, 3.63) is 18.1 Å². The molecule has 6 heteroatoms. The summed E-state index contributed by atoms with van der Waals surface area (Å²) in [5.74, 6) is 3.09. The summed E-state index contributed by atoms with van der Waals surface area (Å²) >= 11 is 4.14. The Hall–Kier alpha value is -0.460. The SMILES string of the molecule is CCNC(c1nccnc1OC)C1SCCSC1CC. The van der Waals surface area contributed by atoms with Crippen LogP contribution < -0.4 is 10.1 Å². The van der Waals surface area contributed by atoms with Crippen molar-refractivity contribution in [3.8, 4) is 5.88 Å². The van der Waals surface area contributed by atoms with Gasteiger partial charge in [-0.3, -0.25) is 4.98 Å². The van der Waals surface area contributed by atoms with Crippen LogP contribution in [0.3, 0.4) is 0 Å². The number of hydrogen-bond donors (Lipinski definition) is 1. The summed E-state index contributed by atoms with van der Waals surface area (Å²) in [7, 11) is 1.66. The Morgan fingerprint density at radius 3 is 2.75 bits per heavy atom. The van der Waals surface area contributed by atoms with Crippen LogP contribution >= 0.6 is 23.5 Å². The minimum atomic E-state index is 0.200. The first-order chi connectivity index (χ1) is 9.81. The lowest BCUT2D eigenvalue weighted by Crippen LogP contribution is -2.39. The minimum Gasteiger partial charge on any atom is -0.480 e. The smallest absolute Gasteiger partial charge is 0.237 e. The molecule has 1 aliphatic heterocycles. The summed E-state index contributed by atoms with van der Waals surface area (Å²) in [5, 5.41) is 4.77. The maximum Gasteiger partial charge on any atom is 0.237 e. The molecule has 20 heavy (non-hydrogen) atoms. The fraction of sp³-hybridized carbons (Fsp3) is 0.714. The fourth-order valence-electron chi connectivity index (χ4n) is 2.54. The molecular formula is C14H23N3OS2. The van der Waals surface area contributed by atoms with Crippen molar-refractivity contribution in [1.29, 1.82) is 0 Å². The Morgan fingerprint density at radius 1 is 1.30 bits per heavy atom. The van der Waals surface area contributed by atoms with Gasteiger partial charge in [0.1, 0.15) is 5.69 Å². The Balaban J connectivity index is 2.29. The zero-order chi connectivity index (χ0) is 14.4. The molecular weight excluding hydrogens is 290 g/mol. The Bertz CT molecular complexity index is 419. The monoisotopic (exact) mass is 313 g/mol. The van der Waals surface area contributed by atoms with Crippen molar-refractivity contribution < 1.29 is 4.74 Å². The van der Waals surface area contributed by atoms with Gasteiger partial charge in [-0.1, -0.05) is 13.8 Å². The number of nitrogens with zero attached hydrogens (tertiary/aromatic N) is 2. The van der Waals surface area contributed by atoms with Gasteiger partial charge in [-0.15, -0.1) is 0 Å². The van der Waals surface area contributed by atoms with Gasteiger partial charge in [-0.25, -0.2) is 4.98 Å². The number of ether oxygens (including phenoxy) is 1. The topological polar surface area (TPSA) is 47.0 Å². The molecule has 0 bridgehead atoms. The van der Waals surface area contributed by atoms with Gasteiger partial charge in [0.15, 0.2) is 0 Å². The van der Waals surface area contributed by atoms with Gasteiger partial charge in [-0.05, 0) is 13.0 Å². The average molecular weight is 313 g/mol. The predicted octanol–water partition coefficient (Wildman–Crippen LogP) is 2.76.